The van der Waals surface area contributed by atoms with Crippen LogP contribution in [0.5, 0.6) is 5.88 Å². The van der Waals surface area contributed by atoms with Crippen LogP contribution in [0.15, 0.2) is 18.3 Å². The molecule has 4 atom stereocenters. The number of ether oxygens (including phenoxy) is 2. The van der Waals surface area contributed by atoms with Gasteiger partial charge >= 0.3 is 5.97 Å². The molecule has 1 saturated carbocycles. The minimum Gasteiger partial charge on any atom is -0.477 e. The van der Waals surface area contributed by atoms with Crippen LogP contribution in [0.3, 0.4) is 0 Å². The molecule has 1 aliphatic carbocycles. The van der Waals surface area contributed by atoms with E-state index in [1.807, 2.05) is 6.92 Å². The van der Waals surface area contributed by atoms with Crippen LogP contribution in [-0.4, -0.2) is 50.6 Å². The van der Waals surface area contributed by atoms with Crippen molar-refractivity contribution in [1.29, 1.82) is 0 Å². The summed E-state index contributed by atoms with van der Waals surface area (Å²) in [5.41, 5.74) is 0.820. The summed E-state index contributed by atoms with van der Waals surface area (Å²) in [6, 6.07) is 3.50. The Hall–Kier alpha value is -2.97. The Kier molecular flexibility index (Phi) is 7.25. The van der Waals surface area contributed by atoms with Gasteiger partial charge in [0.2, 0.25) is 5.88 Å². The van der Waals surface area contributed by atoms with Crippen molar-refractivity contribution < 1.29 is 19.1 Å². The molecule has 2 aromatic heterocycles. The molecule has 3 rings (SSSR count). The van der Waals surface area contributed by atoms with Gasteiger partial charge in [0.15, 0.2) is 11.9 Å². The molecule has 1 N–H and O–H groups in total. The Morgan fingerprint density at radius 1 is 1.26 bits per heavy atom. The van der Waals surface area contributed by atoms with E-state index in [4.69, 9.17) is 9.47 Å². The second-order valence-electron chi connectivity index (χ2n) is 8.15. The first-order valence-corrected chi connectivity index (χ1v) is 10.8. The van der Waals surface area contributed by atoms with Gasteiger partial charge in [0.25, 0.3) is 5.91 Å². The van der Waals surface area contributed by atoms with Crippen molar-refractivity contribution in [3.05, 3.63) is 29.6 Å². The van der Waals surface area contributed by atoms with Crippen LogP contribution < -0.4 is 10.1 Å². The molecule has 168 valence electrons. The minimum absolute atomic E-state index is 0.111. The summed E-state index contributed by atoms with van der Waals surface area (Å²) in [7, 11) is 0. The van der Waals surface area contributed by atoms with Gasteiger partial charge in [0, 0.05) is 12.1 Å². The number of esters is 1. The van der Waals surface area contributed by atoms with E-state index in [-0.39, 0.29) is 17.5 Å². The summed E-state index contributed by atoms with van der Waals surface area (Å²) in [4.78, 5) is 25.2. The Balaban J connectivity index is 1.63. The molecule has 0 radical (unpaired) electrons. The smallest absolute Gasteiger partial charge is 0.342 e. The molecule has 9 nitrogen and oxygen atoms in total. The van der Waals surface area contributed by atoms with Crippen molar-refractivity contribution in [2.24, 2.45) is 11.8 Å². The van der Waals surface area contributed by atoms with Gasteiger partial charge in [-0.1, -0.05) is 26.7 Å². The van der Waals surface area contributed by atoms with Crippen LogP contribution in [0, 0.1) is 18.8 Å². The highest BCUT2D eigenvalue weighted by Gasteiger charge is 2.30. The third-order valence-corrected chi connectivity index (χ3v) is 6.05. The number of carbonyl (C=O) groups excluding carboxylic acids is 2. The maximum absolute atomic E-state index is 12.7. The second-order valence-corrected chi connectivity index (χ2v) is 8.15. The Labute approximate surface area is 182 Å². The summed E-state index contributed by atoms with van der Waals surface area (Å²) >= 11 is 0. The molecule has 1 amide bonds. The first-order valence-electron chi connectivity index (χ1n) is 10.8. The van der Waals surface area contributed by atoms with Gasteiger partial charge in [0.05, 0.1) is 18.5 Å². The molecule has 0 bridgehead atoms. The second kappa shape index (κ2) is 9.89. The summed E-state index contributed by atoms with van der Waals surface area (Å²) in [6.45, 7) is 10.0. The monoisotopic (exact) mass is 429 g/mol. The number of nitrogens with zero attached hydrogens (tertiary/aromatic N) is 4. The van der Waals surface area contributed by atoms with Gasteiger partial charge in [-0.2, -0.15) is 5.10 Å². The fraction of sp³-hybridized carbons (Fsp3) is 0.591. The first-order chi connectivity index (χ1) is 14.8. The van der Waals surface area contributed by atoms with E-state index in [0.717, 1.165) is 12.8 Å². The highest BCUT2D eigenvalue weighted by atomic mass is 16.5. The van der Waals surface area contributed by atoms with Crippen molar-refractivity contribution in [1.82, 2.24) is 25.3 Å². The molecule has 0 aliphatic heterocycles. The lowest BCUT2D eigenvalue weighted by Gasteiger charge is -2.35. The predicted octanol–water partition coefficient (Wildman–Crippen LogP) is 2.86. The van der Waals surface area contributed by atoms with Crippen LogP contribution in [0.4, 0.5) is 0 Å². The highest BCUT2D eigenvalue weighted by molar-refractivity contribution is 5.93. The van der Waals surface area contributed by atoms with Crippen molar-refractivity contribution in [2.45, 2.75) is 66.0 Å². The van der Waals surface area contributed by atoms with Gasteiger partial charge in [-0.15, -0.1) is 10.2 Å². The maximum atomic E-state index is 12.7. The first kappa shape index (κ1) is 22.7. The quantitative estimate of drug-likeness (QED) is 0.674. The zero-order valence-corrected chi connectivity index (χ0v) is 18.8. The van der Waals surface area contributed by atoms with Crippen LogP contribution in [0.25, 0.3) is 5.82 Å². The van der Waals surface area contributed by atoms with Gasteiger partial charge < -0.3 is 14.8 Å². The van der Waals surface area contributed by atoms with E-state index in [1.165, 1.54) is 17.3 Å². The van der Waals surface area contributed by atoms with Crippen molar-refractivity contribution in [3.8, 4) is 11.7 Å². The molecule has 1 fully saturated rings. The molecule has 0 unspecified atom stereocenters. The molecular weight excluding hydrogens is 398 g/mol. The number of carbonyl (C=O) groups is 2. The Bertz CT molecular complexity index is 911. The minimum atomic E-state index is -0.898. The van der Waals surface area contributed by atoms with E-state index < -0.39 is 12.1 Å². The van der Waals surface area contributed by atoms with Crippen molar-refractivity contribution in [3.63, 3.8) is 0 Å². The van der Waals surface area contributed by atoms with E-state index in [9.17, 15) is 9.59 Å². The summed E-state index contributed by atoms with van der Waals surface area (Å²) in [5.74, 6) is 0.952. The zero-order chi connectivity index (χ0) is 22.5. The van der Waals surface area contributed by atoms with Crippen molar-refractivity contribution in [2.75, 3.05) is 6.61 Å². The largest absolute Gasteiger partial charge is 0.477 e. The van der Waals surface area contributed by atoms with E-state index >= 15 is 0 Å². The summed E-state index contributed by atoms with van der Waals surface area (Å²) < 4.78 is 12.2. The fourth-order valence-corrected chi connectivity index (χ4v) is 3.86. The van der Waals surface area contributed by atoms with Gasteiger partial charge in [-0.3, -0.25) is 4.79 Å². The number of amides is 1. The fourth-order valence-electron chi connectivity index (χ4n) is 3.86. The van der Waals surface area contributed by atoms with Gasteiger partial charge in [0.1, 0.15) is 5.56 Å². The summed E-state index contributed by atoms with van der Waals surface area (Å²) in [6.07, 6.45) is 3.74. The number of rotatable bonds is 7. The number of aromatic nitrogens is 4. The SMILES string of the molecule is CCOc1ccc(-n2ncc(C(=O)O[C@H](C)C(=O)N[C@@H]3CCC[C@H](C)[C@@H]3C)c2C)nn1. The Morgan fingerprint density at radius 2 is 2.03 bits per heavy atom. The number of hydrogen-bond donors (Lipinski definition) is 1. The molecule has 0 aromatic carbocycles. The molecule has 9 heteroatoms. The lowest BCUT2D eigenvalue weighted by Crippen LogP contribution is -2.47. The predicted molar refractivity (Wildman–Crippen MR) is 114 cm³/mol. The molecule has 0 spiro atoms. The zero-order valence-electron chi connectivity index (χ0n) is 18.8. The number of nitrogens with one attached hydrogen (secondary N) is 1. The van der Waals surface area contributed by atoms with Gasteiger partial charge in [-0.25, -0.2) is 9.48 Å². The third-order valence-electron chi connectivity index (χ3n) is 6.05. The van der Waals surface area contributed by atoms with Crippen LogP contribution in [0.1, 0.15) is 63.0 Å². The molecule has 0 saturated heterocycles. The highest BCUT2D eigenvalue weighted by Crippen LogP contribution is 2.29. The third kappa shape index (κ3) is 5.21. The lowest BCUT2D eigenvalue weighted by atomic mass is 9.78. The standard InChI is InChI=1S/C22H31N5O4/c1-6-30-20-11-10-19(25-26-20)27-15(4)17(12-23-27)22(29)31-16(5)21(28)24-18-9-7-8-13(2)14(18)3/h10-14,16,18H,6-9H2,1-5H3,(H,24,28)/t13-,14-,16+,18+/m0/s1. The van der Waals surface area contributed by atoms with E-state index in [1.54, 1.807) is 26.0 Å². The molecule has 2 heterocycles. The maximum Gasteiger partial charge on any atom is 0.342 e. The molecule has 31 heavy (non-hydrogen) atoms. The molecule has 1 aliphatic rings. The molecular formula is C22H31N5O4. The van der Waals surface area contributed by atoms with Crippen LogP contribution in [-0.2, 0) is 9.53 Å². The number of hydrogen-bond acceptors (Lipinski definition) is 7. The topological polar surface area (TPSA) is 108 Å². The van der Waals surface area contributed by atoms with Crippen LogP contribution in [0.2, 0.25) is 0 Å². The average Bonchev–Trinajstić information content (AvgIpc) is 3.13. The Morgan fingerprint density at radius 3 is 2.71 bits per heavy atom. The molecule has 2 aromatic rings. The van der Waals surface area contributed by atoms with Crippen molar-refractivity contribution >= 4 is 11.9 Å². The van der Waals surface area contributed by atoms with E-state index in [2.05, 4.69) is 34.5 Å². The normalized spacial score (nSPS) is 21.9. The lowest BCUT2D eigenvalue weighted by molar-refractivity contribution is -0.130. The summed E-state index contributed by atoms with van der Waals surface area (Å²) in [5, 5.41) is 15.3. The van der Waals surface area contributed by atoms with Crippen LogP contribution >= 0.6 is 0 Å². The van der Waals surface area contributed by atoms with Gasteiger partial charge in [-0.05, 0) is 45.1 Å². The average molecular weight is 430 g/mol. The van der Waals surface area contributed by atoms with E-state index in [0.29, 0.717) is 35.8 Å².